The lowest BCUT2D eigenvalue weighted by atomic mass is 9.85. The molecular formula is C31H28N2O2. The zero-order valence-electron chi connectivity index (χ0n) is 19.7. The van der Waals surface area contributed by atoms with Gasteiger partial charge in [0, 0.05) is 47.6 Å². The number of benzene rings is 3. The van der Waals surface area contributed by atoms with Crippen molar-refractivity contribution in [2.75, 3.05) is 0 Å². The number of aryl methyl sites for hydroxylation is 1. The number of hydrogen-bond donors (Lipinski definition) is 2. The van der Waals surface area contributed by atoms with Gasteiger partial charge in [-0.15, -0.1) is 0 Å². The molecule has 2 aromatic heterocycles. The SMILES string of the molecule is Cc1ccccc1-c1cccnc1[C@@H](CC(=O)Cc1c[nH]c2ccc(O)cc12)Cc1ccccc1. The maximum Gasteiger partial charge on any atom is 0.138 e. The van der Waals surface area contributed by atoms with Gasteiger partial charge in [-0.25, -0.2) is 0 Å². The molecular weight excluding hydrogens is 432 g/mol. The lowest BCUT2D eigenvalue weighted by Crippen LogP contribution is -2.14. The predicted octanol–water partition coefficient (Wildman–Crippen LogP) is 6.77. The molecule has 0 saturated carbocycles. The molecule has 0 amide bonds. The highest BCUT2D eigenvalue weighted by atomic mass is 16.3. The fourth-order valence-electron chi connectivity index (χ4n) is 4.88. The molecule has 1 atom stereocenters. The quantitative estimate of drug-likeness (QED) is 0.268. The number of hydrogen-bond acceptors (Lipinski definition) is 3. The van der Waals surface area contributed by atoms with Gasteiger partial charge >= 0.3 is 0 Å². The highest BCUT2D eigenvalue weighted by Crippen LogP contribution is 2.34. The number of rotatable bonds is 8. The molecule has 4 heteroatoms. The number of fused-ring (bicyclic) bond motifs is 1. The number of H-pyrrole nitrogens is 1. The molecule has 0 spiro atoms. The van der Waals surface area contributed by atoms with E-state index in [2.05, 4.69) is 42.2 Å². The number of aromatic hydroxyl groups is 1. The van der Waals surface area contributed by atoms with Crippen LogP contribution in [-0.2, 0) is 17.6 Å². The van der Waals surface area contributed by atoms with E-state index >= 15 is 0 Å². The summed E-state index contributed by atoms with van der Waals surface area (Å²) in [5.41, 5.74) is 7.37. The van der Waals surface area contributed by atoms with Gasteiger partial charge in [-0.3, -0.25) is 9.78 Å². The summed E-state index contributed by atoms with van der Waals surface area (Å²) in [4.78, 5) is 21.4. The molecule has 0 radical (unpaired) electrons. The van der Waals surface area contributed by atoms with E-state index in [9.17, 15) is 9.90 Å². The summed E-state index contributed by atoms with van der Waals surface area (Å²) in [6.07, 6.45) is 5.12. The van der Waals surface area contributed by atoms with Gasteiger partial charge in [0.1, 0.15) is 11.5 Å². The average Bonchev–Trinajstić information content (AvgIpc) is 3.26. The number of carbonyl (C=O) groups excluding carboxylic acids is 1. The second-order valence-electron chi connectivity index (χ2n) is 9.10. The summed E-state index contributed by atoms with van der Waals surface area (Å²) in [6.45, 7) is 2.11. The Hall–Kier alpha value is -4.18. The fourth-order valence-corrected chi connectivity index (χ4v) is 4.88. The maximum absolute atomic E-state index is 13.4. The summed E-state index contributed by atoms with van der Waals surface area (Å²) >= 11 is 0. The summed E-state index contributed by atoms with van der Waals surface area (Å²) in [7, 11) is 0. The minimum absolute atomic E-state index is 0.0562. The molecule has 0 bridgehead atoms. The van der Waals surface area contributed by atoms with Gasteiger partial charge in [0.2, 0.25) is 0 Å². The lowest BCUT2D eigenvalue weighted by molar-refractivity contribution is -0.118. The lowest BCUT2D eigenvalue weighted by Gasteiger charge is -2.20. The first-order valence-electron chi connectivity index (χ1n) is 11.9. The third kappa shape index (κ3) is 5.02. The molecule has 35 heavy (non-hydrogen) atoms. The summed E-state index contributed by atoms with van der Waals surface area (Å²) in [5, 5.41) is 10.8. The van der Waals surface area contributed by atoms with Crippen LogP contribution in [0.3, 0.4) is 0 Å². The zero-order chi connectivity index (χ0) is 24.2. The Balaban J connectivity index is 1.48. The topological polar surface area (TPSA) is 66.0 Å². The van der Waals surface area contributed by atoms with Gasteiger partial charge in [0.05, 0.1) is 5.69 Å². The van der Waals surface area contributed by atoms with E-state index in [1.807, 2.05) is 54.9 Å². The third-order valence-corrected chi connectivity index (χ3v) is 6.60. The Morgan fingerprint density at radius 2 is 1.71 bits per heavy atom. The van der Waals surface area contributed by atoms with E-state index in [1.165, 1.54) is 11.1 Å². The Morgan fingerprint density at radius 3 is 2.54 bits per heavy atom. The molecule has 2 N–H and O–H groups in total. The van der Waals surface area contributed by atoms with Crippen LogP contribution in [0.1, 0.15) is 34.7 Å². The number of Topliss-reactive ketones (excluding diaryl/α,β-unsaturated/α-hetero) is 1. The van der Waals surface area contributed by atoms with Crippen molar-refractivity contribution in [1.29, 1.82) is 0 Å². The molecule has 0 aliphatic heterocycles. The molecule has 0 aliphatic rings. The normalized spacial score (nSPS) is 12.0. The van der Waals surface area contributed by atoms with E-state index in [-0.39, 0.29) is 17.5 Å². The number of aromatic nitrogens is 2. The van der Waals surface area contributed by atoms with Crippen LogP contribution in [0.15, 0.2) is 97.3 Å². The number of phenols is 1. The molecule has 0 saturated heterocycles. The summed E-state index contributed by atoms with van der Waals surface area (Å²) in [6, 6.07) is 27.9. The fraction of sp³-hybridized carbons (Fsp3) is 0.161. The number of nitrogens with zero attached hydrogens (tertiary/aromatic N) is 1. The van der Waals surface area contributed by atoms with Crippen LogP contribution < -0.4 is 0 Å². The van der Waals surface area contributed by atoms with Crippen LogP contribution in [-0.4, -0.2) is 20.9 Å². The van der Waals surface area contributed by atoms with Crippen molar-refractivity contribution in [2.45, 2.75) is 32.1 Å². The van der Waals surface area contributed by atoms with Gasteiger partial charge in [-0.05, 0) is 59.9 Å². The first-order chi connectivity index (χ1) is 17.1. The van der Waals surface area contributed by atoms with Crippen molar-refractivity contribution in [1.82, 2.24) is 9.97 Å². The molecule has 0 fully saturated rings. The van der Waals surface area contributed by atoms with Gasteiger partial charge < -0.3 is 10.1 Å². The molecule has 5 rings (SSSR count). The van der Waals surface area contributed by atoms with Gasteiger partial charge in [-0.2, -0.15) is 0 Å². The molecule has 0 aliphatic carbocycles. The monoisotopic (exact) mass is 460 g/mol. The Morgan fingerprint density at radius 1 is 0.943 bits per heavy atom. The smallest absolute Gasteiger partial charge is 0.138 e. The van der Waals surface area contributed by atoms with Crippen molar-refractivity contribution < 1.29 is 9.90 Å². The third-order valence-electron chi connectivity index (χ3n) is 6.60. The number of carbonyl (C=O) groups is 1. The molecule has 0 unspecified atom stereocenters. The number of phenolic OH excluding ortho intramolecular Hbond substituents is 1. The highest BCUT2D eigenvalue weighted by molar-refractivity contribution is 5.90. The predicted molar refractivity (Wildman–Crippen MR) is 141 cm³/mol. The minimum atomic E-state index is -0.0562. The molecule has 174 valence electrons. The van der Waals surface area contributed by atoms with Gasteiger partial charge in [-0.1, -0.05) is 60.7 Å². The van der Waals surface area contributed by atoms with Crippen LogP contribution in [0.4, 0.5) is 0 Å². The van der Waals surface area contributed by atoms with E-state index in [0.717, 1.165) is 39.7 Å². The Labute approximate surface area is 205 Å². The van der Waals surface area contributed by atoms with Gasteiger partial charge in [0.25, 0.3) is 0 Å². The summed E-state index contributed by atoms with van der Waals surface area (Å²) in [5.74, 6) is 0.292. The molecule has 4 nitrogen and oxygen atoms in total. The second-order valence-corrected chi connectivity index (χ2v) is 9.10. The highest BCUT2D eigenvalue weighted by Gasteiger charge is 2.23. The standard InChI is InChI=1S/C31H28N2O2/c1-21-8-5-6-11-27(21)28-12-7-15-32-31(28)23(16-22-9-3-2-4-10-22)17-26(35)18-24-20-33-30-14-13-25(34)19-29(24)30/h2-15,19-20,23,33-34H,16-18H2,1H3/t23-/m1/s1. The first-order valence-corrected chi connectivity index (χ1v) is 11.9. The Kier molecular flexibility index (Phi) is 6.44. The zero-order valence-corrected chi connectivity index (χ0v) is 19.7. The van der Waals surface area contributed by atoms with Crippen LogP contribution in [0.5, 0.6) is 5.75 Å². The molecule has 2 heterocycles. The largest absolute Gasteiger partial charge is 0.508 e. The van der Waals surface area contributed by atoms with Crippen LogP contribution >= 0.6 is 0 Å². The number of nitrogens with one attached hydrogen (secondary N) is 1. The maximum atomic E-state index is 13.4. The van der Waals surface area contributed by atoms with Gasteiger partial charge in [0.15, 0.2) is 0 Å². The van der Waals surface area contributed by atoms with Crippen LogP contribution in [0.25, 0.3) is 22.0 Å². The van der Waals surface area contributed by atoms with E-state index < -0.39 is 0 Å². The van der Waals surface area contributed by atoms with Crippen molar-refractivity contribution in [3.63, 3.8) is 0 Å². The second kappa shape index (κ2) is 9.98. The van der Waals surface area contributed by atoms with Crippen LogP contribution in [0.2, 0.25) is 0 Å². The first kappa shape index (κ1) is 22.6. The van der Waals surface area contributed by atoms with E-state index in [0.29, 0.717) is 12.8 Å². The molecule has 5 aromatic rings. The van der Waals surface area contributed by atoms with Crippen molar-refractivity contribution >= 4 is 16.7 Å². The van der Waals surface area contributed by atoms with Crippen molar-refractivity contribution in [3.8, 4) is 16.9 Å². The summed E-state index contributed by atoms with van der Waals surface area (Å²) < 4.78 is 0. The molecule has 3 aromatic carbocycles. The van der Waals surface area contributed by atoms with Crippen molar-refractivity contribution in [2.24, 2.45) is 0 Å². The Bertz CT molecular complexity index is 1470. The number of ketones is 1. The minimum Gasteiger partial charge on any atom is -0.508 e. The van der Waals surface area contributed by atoms with E-state index in [4.69, 9.17) is 4.98 Å². The number of aromatic amines is 1. The van der Waals surface area contributed by atoms with Crippen molar-refractivity contribution in [3.05, 3.63) is 120 Å². The average molecular weight is 461 g/mol. The number of pyridine rings is 1. The van der Waals surface area contributed by atoms with Crippen LogP contribution in [0, 0.1) is 6.92 Å². The van der Waals surface area contributed by atoms with E-state index in [1.54, 1.807) is 12.1 Å².